The van der Waals surface area contributed by atoms with Crippen LogP contribution in [0.5, 0.6) is 5.75 Å². The third-order valence-corrected chi connectivity index (χ3v) is 5.59. The smallest absolute Gasteiger partial charge is 0.227 e. The third-order valence-electron chi connectivity index (χ3n) is 5.59. The van der Waals surface area contributed by atoms with Gasteiger partial charge >= 0.3 is 0 Å². The number of hydrogen-bond donors (Lipinski definition) is 2. The van der Waals surface area contributed by atoms with Crippen LogP contribution in [0.25, 0.3) is 0 Å². The van der Waals surface area contributed by atoms with Gasteiger partial charge in [-0.3, -0.25) is 4.79 Å². The molecule has 0 saturated carbocycles. The van der Waals surface area contributed by atoms with Crippen molar-refractivity contribution >= 4 is 5.91 Å². The van der Waals surface area contributed by atoms with Crippen LogP contribution in [0, 0.1) is 23.4 Å². The van der Waals surface area contributed by atoms with Crippen molar-refractivity contribution in [3.05, 3.63) is 65.0 Å². The highest BCUT2D eigenvalue weighted by Crippen LogP contribution is 2.39. The number of aliphatic hydroxyl groups is 1. The van der Waals surface area contributed by atoms with E-state index in [1.54, 1.807) is 12.1 Å². The Bertz CT molecular complexity index is 938. The lowest BCUT2D eigenvalue weighted by molar-refractivity contribution is -0.141. The van der Waals surface area contributed by atoms with E-state index in [0.29, 0.717) is 24.2 Å². The predicted molar refractivity (Wildman–Crippen MR) is 105 cm³/mol. The highest BCUT2D eigenvalue weighted by molar-refractivity contribution is 5.79. The molecule has 0 aromatic heterocycles. The fourth-order valence-corrected chi connectivity index (χ4v) is 4.02. The Morgan fingerprint density at radius 1 is 1.17 bits per heavy atom. The van der Waals surface area contributed by atoms with Gasteiger partial charge in [-0.25, -0.2) is 13.2 Å². The van der Waals surface area contributed by atoms with Crippen molar-refractivity contribution < 1.29 is 28.2 Å². The van der Waals surface area contributed by atoms with E-state index in [2.05, 4.69) is 0 Å². The third kappa shape index (κ3) is 4.60. The number of likely N-dealkylation sites (tertiary alicyclic amines) is 1. The summed E-state index contributed by atoms with van der Waals surface area (Å²) in [5.74, 6) is -4.24. The lowest BCUT2D eigenvalue weighted by Crippen LogP contribution is -2.54. The molecule has 1 amide bonds. The molecule has 0 aliphatic carbocycles. The summed E-state index contributed by atoms with van der Waals surface area (Å²) in [7, 11) is 3.70. The van der Waals surface area contributed by atoms with Crippen LogP contribution in [-0.2, 0) is 16.8 Å². The average Bonchev–Trinajstić information content (AvgIpc) is 2.67. The monoisotopic (exact) mass is 422 g/mol. The molecule has 2 aromatic carbocycles. The van der Waals surface area contributed by atoms with Crippen molar-refractivity contribution in [2.45, 2.75) is 18.4 Å². The molecular formula is C22H25F3N2O3. The first-order valence-electron chi connectivity index (χ1n) is 9.68. The number of piperidine rings is 1. The maximum Gasteiger partial charge on any atom is 0.227 e. The molecule has 1 saturated heterocycles. The average molecular weight is 422 g/mol. The van der Waals surface area contributed by atoms with Crippen molar-refractivity contribution in [2.75, 3.05) is 33.7 Å². The number of benzene rings is 2. The molecule has 3 rings (SSSR count). The first-order valence-corrected chi connectivity index (χ1v) is 9.68. The molecule has 1 fully saturated rings. The summed E-state index contributed by atoms with van der Waals surface area (Å²) >= 11 is 0. The molecule has 0 bridgehead atoms. The molecule has 2 unspecified atom stereocenters. The molecular weight excluding hydrogens is 397 g/mol. The SMILES string of the molecule is CN(C)CC1CN(C(=O)Cc2cc(F)c(F)cc2F)CCC1(O)c1cccc(O)c1. The topological polar surface area (TPSA) is 64.0 Å². The minimum Gasteiger partial charge on any atom is -0.508 e. The van der Waals surface area contributed by atoms with Crippen LogP contribution in [0.2, 0.25) is 0 Å². The quantitative estimate of drug-likeness (QED) is 0.728. The maximum absolute atomic E-state index is 13.9. The molecule has 1 aliphatic heterocycles. The van der Waals surface area contributed by atoms with Gasteiger partial charge in [0.1, 0.15) is 11.6 Å². The van der Waals surface area contributed by atoms with Crippen LogP contribution in [0.4, 0.5) is 13.2 Å². The molecule has 8 heteroatoms. The van der Waals surface area contributed by atoms with E-state index in [1.807, 2.05) is 19.0 Å². The van der Waals surface area contributed by atoms with Gasteiger partial charge in [-0.05, 0) is 44.3 Å². The van der Waals surface area contributed by atoms with Crippen molar-refractivity contribution in [3.8, 4) is 5.75 Å². The van der Waals surface area contributed by atoms with Gasteiger partial charge in [0.2, 0.25) is 5.91 Å². The fraction of sp³-hybridized carbons (Fsp3) is 0.409. The van der Waals surface area contributed by atoms with E-state index < -0.39 is 35.4 Å². The van der Waals surface area contributed by atoms with Gasteiger partial charge in [0, 0.05) is 37.2 Å². The zero-order chi connectivity index (χ0) is 22.1. The van der Waals surface area contributed by atoms with Crippen molar-refractivity contribution in [1.29, 1.82) is 0 Å². The van der Waals surface area contributed by atoms with E-state index in [4.69, 9.17) is 0 Å². The summed E-state index contributed by atoms with van der Waals surface area (Å²) < 4.78 is 40.5. The van der Waals surface area contributed by atoms with E-state index >= 15 is 0 Å². The second-order valence-electron chi connectivity index (χ2n) is 8.06. The van der Waals surface area contributed by atoms with Gasteiger partial charge in [0.05, 0.1) is 12.0 Å². The number of carbonyl (C=O) groups is 1. The summed E-state index contributed by atoms with van der Waals surface area (Å²) in [6.07, 6.45) is -0.177. The zero-order valence-electron chi connectivity index (χ0n) is 16.9. The van der Waals surface area contributed by atoms with Crippen LogP contribution in [0.3, 0.4) is 0 Å². The molecule has 1 heterocycles. The number of halogens is 3. The summed E-state index contributed by atoms with van der Waals surface area (Å²) in [6, 6.07) is 7.55. The van der Waals surface area contributed by atoms with E-state index in [0.717, 1.165) is 0 Å². The molecule has 162 valence electrons. The number of carbonyl (C=O) groups excluding carboxylic acids is 1. The maximum atomic E-state index is 13.9. The summed E-state index contributed by atoms with van der Waals surface area (Å²) in [6.45, 7) is 0.879. The number of nitrogens with zero attached hydrogens (tertiary/aromatic N) is 2. The van der Waals surface area contributed by atoms with Gasteiger partial charge in [-0.2, -0.15) is 0 Å². The largest absolute Gasteiger partial charge is 0.508 e. The van der Waals surface area contributed by atoms with Crippen LogP contribution in [0.1, 0.15) is 17.5 Å². The second kappa shape index (κ2) is 8.65. The van der Waals surface area contributed by atoms with Gasteiger partial charge in [0.15, 0.2) is 11.6 Å². The lowest BCUT2D eigenvalue weighted by Gasteiger charge is -2.46. The zero-order valence-corrected chi connectivity index (χ0v) is 16.9. The predicted octanol–water partition coefficient (Wildman–Crippen LogP) is 2.65. The molecule has 30 heavy (non-hydrogen) atoms. The number of aromatic hydroxyl groups is 1. The van der Waals surface area contributed by atoms with Gasteiger partial charge in [0.25, 0.3) is 0 Å². The highest BCUT2D eigenvalue weighted by Gasteiger charge is 2.44. The van der Waals surface area contributed by atoms with E-state index in [-0.39, 0.29) is 36.7 Å². The summed E-state index contributed by atoms with van der Waals surface area (Å²) in [5, 5.41) is 21.3. The fourth-order valence-electron chi connectivity index (χ4n) is 4.02. The highest BCUT2D eigenvalue weighted by atomic mass is 19.2. The Morgan fingerprint density at radius 3 is 2.53 bits per heavy atom. The Balaban J connectivity index is 1.81. The van der Waals surface area contributed by atoms with Crippen molar-refractivity contribution in [3.63, 3.8) is 0 Å². The Morgan fingerprint density at radius 2 is 1.87 bits per heavy atom. The van der Waals surface area contributed by atoms with Crippen molar-refractivity contribution in [1.82, 2.24) is 9.80 Å². The van der Waals surface area contributed by atoms with E-state index in [1.165, 1.54) is 17.0 Å². The second-order valence-corrected chi connectivity index (χ2v) is 8.06. The number of amides is 1. The molecule has 5 nitrogen and oxygen atoms in total. The van der Waals surface area contributed by atoms with Gasteiger partial charge < -0.3 is 20.0 Å². The minimum atomic E-state index is -1.30. The molecule has 2 aromatic rings. The molecule has 2 atom stereocenters. The van der Waals surface area contributed by atoms with Gasteiger partial charge in [-0.1, -0.05) is 12.1 Å². The first-order chi connectivity index (χ1) is 14.1. The number of phenols is 1. The van der Waals surface area contributed by atoms with Crippen LogP contribution >= 0.6 is 0 Å². The summed E-state index contributed by atoms with van der Waals surface area (Å²) in [4.78, 5) is 16.2. The normalized spacial score (nSPS) is 21.8. The van der Waals surface area contributed by atoms with Crippen LogP contribution < -0.4 is 0 Å². The Labute approximate surface area is 173 Å². The molecule has 1 aliphatic rings. The molecule has 0 radical (unpaired) electrons. The number of rotatable bonds is 5. The van der Waals surface area contributed by atoms with Gasteiger partial charge in [-0.15, -0.1) is 0 Å². The standard InChI is InChI=1S/C22H25F3N2O3/c1-26(2)12-16-13-27(7-6-22(16,30)15-4-3-5-17(28)10-15)21(29)9-14-8-19(24)20(25)11-18(14)23/h3-5,8,10-11,16,28,30H,6-7,9,12-13H2,1-2H3. The number of hydrogen-bond acceptors (Lipinski definition) is 4. The molecule has 2 N–H and O–H groups in total. The lowest BCUT2D eigenvalue weighted by atomic mass is 9.75. The Hall–Kier alpha value is -2.58. The van der Waals surface area contributed by atoms with Crippen LogP contribution in [0.15, 0.2) is 36.4 Å². The Kier molecular flexibility index (Phi) is 6.38. The minimum absolute atomic E-state index is 0.0387. The van der Waals surface area contributed by atoms with Crippen LogP contribution in [-0.4, -0.2) is 59.6 Å². The summed E-state index contributed by atoms with van der Waals surface area (Å²) in [5.41, 5.74) is -0.905. The van der Waals surface area contributed by atoms with Crippen molar-refractivity contribution in [2.24, 2.45) is 5.92 Å². The number of phenolic OH excluding ortho intramolecular Hbond substituents is 1. The molecule has 0 spiro atoms. The van der Waals surface area contributed by atoms with E-state index in [9.17, 15) is 28.2 Å². The first kappa shape index (κ1) is 22.1.